The van der Waals surface area contributed by atoms with Crippen molar-refractivity contribution in [1.82, 2.24) is 4.90 Å². The Kier molecular flexibility index (Phi) is 4.31. The van der Waals surface area contributed by atoms with Gasteiger partial charge in [-0.15, -0.1) is 0 Å². The highest BCUT2D eigenvalue weighted by Crippen LogP contribution is 2.02. The number of ketones is 1. The molecular formula is C16H15NO. The highest BCUT2D eigenvalue weighted by Gasteiger charge is 1.95. The molecule has 0 aliphatic carbocycles. The van der Waals surface area contributed by atoms with E-state index in [4.69, 9.17) is 0 Å². The molecule has 0 saturated carbocycles. The minimum atomic E-state index is -0.0122. The van der Waals surface area contributed by atoms with E-state index in [-0.39, 0.29) is 5.78 Å². The van der Waals surface area contributed by atoms with Gasteiger partial charge >= 0.3 is 0 Å². The summed E-state index contributed by atoms with van der Waals surface area (Å²) in [5.41, 5.74) is 1.03. The summed E-state index contributed by atoms with van der Waals surface area (Å²) in [5.74, 6) is -0.0122. The predicted octanol–water partition coefficient (Wildman–Crippen LogP) is 3.17. The van der Waals surface area contributed by atoms with E-state index in [0.29, 0.717) is 0 Å². The summed E-state index contributed by atoms with van der Waals surface area (Å²) in [7, 11) is 0. The number of hydrogen-bond acceptors (Lipinski definition) is 2. The van der Waals surface area contributed by atoms with E-state index < -0.39 is 0 Å². The summed E-state index contributed by atoms with van der Waals surface area (Å²) in [4.78, 5) is 13.6. The van der Waals surface area contributed by atoms with Crippen LogP contribution in [0.1, 0.15) is 5.56 Å². The minimum Gasteiger partial charge on any atom is -0.350 e. The SMILES string of the molecule is O=C(/C=C/c1ccccc1)/C=C/N1C=CC=CC1. The van der Waals surface area contributed by atoms with Crippen LogP contribution < -0.4 is 0 Å². The zero-order chi connectivity index (χ0) is 12.6. The average molecular weight is 237 g/mol. The maximum absolute atomic E-state index is 11.6. The lowest BCUT2D eigenvalue weighted by Gasteiger charge is -2.14. The van der Waals surface area contributed by atoms with Gasteiger partial charge in [0.05, 0.1) is 0 Å². The largest absolute Gasteiger partial charge is 0.350 e. The van der Waals surface area contributed by atoms with Crippen molar-refractivity contribution >= 4 is 11.9 Å². The van der Waals surface area contributed by atoms with Crippen LogP contribution in [0.15, 0.2) is 73.1 Å². The highest BCUT2D eigenvalue weighted by molar-refractivity contribution is 6.01. The van der Waals surface area contributed by atoms with Gasteiger partial charge in [0.2, 0.25) is 0 Å². The van der Waals surface area contributed by atoms with Gasteiger partial charge in [0.15, 0.2) is 5.78 Å². The molecule has 0 atom stereocenters. The van der Waals surface area contributed by atoms with E-state index in [1.165, 1.54) is 0 Å². The Balaban J connectivity index is 1.89. The van der Waals surface area contributed by atoms with Crippen LogP contribution in [0, 0.1) is 0 Å². The molecule has 0 amide bonds. The number of rotatable bonds is 4. The molecule has 0 bridgehead atoms. The smallest absolute Gasteiger partial charge is 0.180 e. The highest BCUT2D eigenvalue weighted by atomic mass is 16.1. The lowest BCUT2D eigenvalue weighted by Crippen LogP contribution is -2.11. The van der Waals surface area contributed by atoms with Crippen molar-refractivity contribution in [2.24, 2.45) is 0 Å². The fourth-order valence-corrected chi connectivity index (χ4v) is 1.56. The van der Waals surface area contributed by atoms with Gasteiger partial charge in [-0.2, -0.15) is 0 Å². The van der Waals surface area contributed by atoms with Crippen LogP contribution in [0.3, 0.4) is 0 Å². The molecule has 1 heterocycles. The first kappa shape index (κ1) is 12.1. The van der Waals surface area contributed by atoms with Gasteiger partial charge in [-0.1, -0.05) is 48.6 Å². The van der Waals surface area contributed by atoms with Crippen LogP contribution in [-0.4, -0.2) is 17.2 Å². The van der Waals surface area contributed by atoms with Crippen molar-refractivity contribution in [1.29, 1.82) is 0 Å². The molecule has 2 heteroatoms. The third-order valence-electron chi connectivity index (χ3n) is 2.51. The van der Waals surface area contributed by atoms with Gasteiger partial charge in [0, 0.05) is 25.0 Å². The maximum Gasteiger partial charge on any atom is 0.180 e. The molecule has 2 nitrogen and oxygen atoms in total. The van der Waals surface area contributed by atoms with Crippen LogP contribution in [0.4, 0.5) is 0 Å². The molecule has 0 saturated heterocycles. The topological polar surface area (TPSA) is 20.3 Å². The second-order valence-corrected chi connectivity index (χ2v) is 3.93. The molecule has 0 radical (unpaired) electrons. The Bertz CT molecular complexity index is 509. The van der Waals surface area contributed by atoms with Gasteiger partial charge < -0.3 is 4.90 Å². The minimum absolute atomic E-state index is 0.0122. The van der Waals surface area contributed by atoms with E-state index in [9.17, 15) is 4.79 Å². The fourth-order valence-electron chi connectivity index (χ4n) is 1.56. The first-order chi connectivity index (χ1) is 8.84. The molecule has 0 spiro atoms. The fraction of sp³-hybridized carbons (Fsp3) is 0.0625. The summed E-state index contributed by atoms with van der Waals surface area (Å²) >= 11 is 0. The quantitative estimate of drug-likeness (QED) is 0.750. The van der Waals surface area contributed by atoms with Crippen molar-refractivity contribution in [2.45, 2.75) is 0 Å². The summed E-state index contributed by atoms with van der Waals surface area (Å²) in [6.07, 6.45) is 14.7. The zero-order valence-electron chi connectivity index (χ0n) is 10.1. The normalized spacial score (nSPS) is 14.8. The van der Waals surface area contributed by atoms with E-state index in [1.807, 2.05) is 65.7 Å². The summed E-state index contributed by atoms with van der Waals surface area (Å²) in [5, 5.41) is 0. The standard InChI is InChI=1S/C16H15NO/c18-16(10-9-15-7-3-1-4-8-15)11-14-17-12-5-2-6-13-17/h1-12,14H,13H2/b10-9+,14-11+. The molecule has 1 aliphatic rings. The lowest BCUT2D eigenvalue weighted by atomic mass is 10.2. The molecule has 0 aromatic heterocycles. The van der Waals surface area contributed by atoms with Crippen molar-refractivity contribution in [3.63, 3.8) is 0 Å². The second-order valence-electron chi connectivity index (χ2n) is 3.93. The lowest BCUT2D eigenvalue weighted by molar-refractivity contribution is -0.110. The number of benzene rings is 1. The van der Waals surface area contributed by atoms with Crippen molar-refractivity contribution < 1.29 is 4.79 Å². The van der Waals surface area contributed by atoms with Gasteiger partial charge in [-0.25, -0.2) is 0 Å². The molecule has 18 heavy (non-hydrogen) atoms. The molecule has 1 aromatic carbocycles. The summed E-state index contributed by atoms with van der Waals surface area (Å²) in [6, 6.07) is 9.78. The predicted molar refractivity (Wildman–Crippen MR) is 74.6 cm³/mol. The van der Waals surface area contributed by atoms with Crippen LogP contribution in [-0.2, 0) is 4.79 Å². The molecule has 0 N–H and O–H groups in total. The Labute approximate surface area is 107 Å². The first-order valence-electron chi connectivity index (χ1n) is 5.89. The van der Waals surface area contributed by atoms with Crippen LogP contribution >= 0.6 is 0 Å². The molecule has 1 aromatic rings. The Morgan fingerprint density at radius 2 is 1.94 bits per heavy atom. The number of allylic oxidation sites excluding steroid dienone is 4. The van der Waals surface area contributed by atoms with Gasteiger partial charge in [-0.3, -0.25) is 4.79 Å². The van der Waals surface area contributed by atoms with Gasteiger partial charge in [0.1, 0.15) is 0 Å². The number of carbonyl (C=O) groups excluding carboxylic acids is 1. The van der Waals surface area contributed by atoms with Crippen LogP contribution in [0.2, 0.25) is 0 Å². The summed E-state index contributed by atoms with van der Waals surface area (Å²) < 4.78 is 0. The first-order valence-corrected chi connectivity index (χ1v) is 5.89. The number of nitrogens with zero attached hydrogens (tertiary/aromatic N) is 1. The Morgan fingerprint density at radius 3 is 2.67 bits per heavy atom. The monoisotopic (exact) mass is 237 g/mol. The Morgan fingerprint density at radius 1 is 1.11 bits per heavy atom. The van der Waals surface area contributed by atoms with Crippen molar-refractivity contribution in [3.8, 4) is 0 Å². The molecule has 2 rings (SSSR count). The molecule has 1 aliphatic heterocycles. The van der Waals surface area contributed by atoms with E-state index >= 15 is 0 Å². The van der Waals surface area contributed by atoms with Crippen molar-refractivity contribution in [2.75, 3.05) is 6.54 Å². The van der Waals surface area contributed by atoms with E-state index in [1.54, 1.807) is 18.4 Å². The number of hydrogen-bond donors (Lipinski definition) is 0. The van der Waals surface area contributed by atoms with Crippen LogP contribution in [0.5, 0.6) is 0 Å². The van der Waals surface area contributed by atoms with Crippen LogP contribution in [0.25, 0.3) is 6.08 Å². The van der Waals surface area contributed by atoms with Gasteiger partial charge in [-0.05, 0) is 17.7 Å². The average Bonchev–Trinajstić information content (AvgIpc) is 2.45. The third kappa shape index (κ3) is 3.91. The molecule has 0 fully saturated rings. The Hall–Kier alpha value is -2.35. The van der Waals surface area contributed by atoms with E-state index in [0.717, 1.165) is 12.1 Å². The van der Waals surface area contributed by atoms with Gasteiger partial charge in [0.25, 0.3) is 0 Å². The number of carbonyl (C=O) groups is 1. The zero-order valence-corrected chi connectivity index (χ0v) is 10.1. The van der Waals surface area contributed by atoms with E-state index in [2.05, 4.69) is 0 Å². The maximum atomic E-state index is 11.6. The van der Waals surface area contributed by atoms with Crippen molar-refractivity contribution in [3.05, 3.63) is 78.7 Å². The molecule has 0 unspecified atom stereocenters. The molecular weight excluding hydrogens is 222 g/mol. The second kappa shape index (κ2) is 6.40. The summed E-state index contributed by atoms with van der Waals surface area (Å²) in [6.45, 7) is 0.808. The molecule has 90 valence electrons. The third-order valence-corrected chi connectivity index (χ3v) is 2.51.